The fraction of sp³-hybridized carbons (Fsp3) is 1.00. The minimum Gasteiger partial charge on any atom is -0.314 e. The molecule has 2 nitrogen and oxygen atoms in total. The monoisotopic (exact) mass is 226 g/mol. The summed E-state index contributed by atoms with van der Waals surface area (Å²) in [6, 6.07) is 1.64. The Kier molecular flexibility index (Phi) is 6.37. The third-order valence-electron chi connectivity index (χ3n) is 3.71. The summed E-state index contributed by atoms with van der Waals surface area (Å²) in [7, 11) is 0. The quantitative estimate of drug-likeness (QED) is 0.749. The van der Waals surface area contributed by atoms with E-state index in [1.807, 2.05) is 0 Å². The molecule has 0 aromatic rings. The molecular formula is C14H30N2. The van der Waals surface area contributed by atoms with Gasteiger partial charge in [-0.25, -0.2) is 0 Å². The van der Waals surface area contributed by atoms with E-state index >= 15 is 0 Å². The van der Waals surface area contributed by atoms with E-state index in [2.05, 4.69) is 37.9 Å². The molecule has 1 N–H and O–H groups in total. The Labute approximate surface area is 102 Å². The summed E-state index contributed by atoms with van der Waals surface area (Å²) in [6.07, 6.45) is 5.51. The molecule has 0 aromatic heterocycles. The van der Waals surface area contributed by atoms with Crippen LogP contribution in [0.4, 0.5) is 0 Å². The lowest BCUT2D eigenvalue weighted by molar-refractivity contribution is 0.136. The minimum atomic E-state index is 0.791. The first kappa shape index (κ1) is 14.0. The van der Waals surface area contributed by atoms with Crippen molar-refractivity contribution in [2.75, 3.05) is 19.6 Å². The Balaban J connectivity index is 2.32. The van der Waals surface area contributed by atoms with Crippen LogP contribution in [0.5, 0.6) is 0 Å². The van der Waals surface area contributed by atoms with Crippen LogP contribution in [-0.4, -0.2) is 36.6 Å². The summed E-state index contributed by atoms with van der Waals surface area (Å²) >= 11 is 0. The van der Waals surface area contributed by atoms with E-state index in [4.69, 9.17) is 0 Å². The van der Waals surface area contributed by atoms with Crippen LogP contribution in [0.25, 0.3) is 0 Å². The minimum absolute atomic E-state index is 0.791. The van der Waals surface area contributed by atoms with E-state index < -0.39 is 0 Å². The molecule has 0 amide bonds. The van der Waals surface area contributed by atoms with Crippen LogP contribution in [0.3, 0.4) is 0 Å². The summed E-state index contributed by atoms with van der Waals surface area (Å²) in [5, 5.41) is 3.58. The Morgan fingerprint density at radius 3 is 2.19 bits per heavy atom. The zero-order chi connectivity index (χ0) is 12.0. The SMILES string of the molecule is CCNC1CCC(N(CC)CC(C)C)CC1. The van der Waals surface area contributed by atoms with Crippen molar-refractivity contribution in [2.45, 2.75) is 65.5 Å². The second-order valence-corrected chi connectivity index (χ2v) is 5.54. The van der Waals surface area contributed by atoms with Gasteiger partial charge in [-0.2, -0.15) is 0 Å². The lowest BCUT2D eigenvalue weighted by Gasteiger charge is -2.37. The summed E-state index contributed by atoms with van der Waals surface area (Å²) < 4.78 is 0. The molecule has 16 heavy (non-hydrogen) atoms. The first-order chi connectivity index (χ1) is 7.67. The van der Waals surface area contributed by atoms with Gasteiger partial charge in [-0.05, 0) is 44.7 Å². The van der Waals surface area contributed by atoms with E-state index in [9.17, 15) is 0 Å². The van der Waals surface area contributed by atoms with Crippen molar-refractivity contribution < 1.29 is 0 Å². The van der Waals surface area contributed by atoms with Crippen molar-refractivity contribution in [1.29, 1.82) is 0 Å². The molecule has 2 heteroatoms. The van der Waals surface area contributed by atoms with Gasteiger partial charge >= 0.3 is 0 Å². The normalized spacial score (nSPS) is 26.6. The molecule has 0 heterocycles. The molecule has 0 aliphatic heterocycles. The Morgan fingerprint density at radius 1 is 1.12 bits per heavy atom. The largest absolute Gasteiger partial charge is 0.314 e. The van der Waals surface area contributed by atoms with E-state index in [1.54, 1.807) is 0 Å². The fourth-order valence-corrected chi connectivity index (χ4v) is 2.94. The van der Waals surface area contributed by atoms with E-state index in [0.29, 0.717) is 0 Å². The molecule has 1 aliphatic carbocycles. The predicted octanol–water partition coefficient (Wildman–Crippen LogP) is 2.89. The van der Waals surface area contributed by atoms with Crippen LogP contribution in [0.2, 0.25) is 0 Å². The van der Waals surface area contributed by atoms with Crippen LogP contribution in [0.15, 0.2) is 0 Å². The Morgan fingerprint density at radius 2 is 1.75 bits per heavy atom. The summed E-state index contributed by atoms with van der Waals surface area (Å²) in [5.74, 6) is 0.798. The molecule has 1 saturated carbocycles. The summed E-state index contributed by atoms with van der Waals surface area (Å²) in [6.45, 7) is 12.8. The lowest BCUT2D eigenvalue weighted by atomic mass is 9.89. The molecule has 0 saturated heterocycles. The van der Waals surface area contributed by atoms with Gasteiger partial charge < -0.3 is 10.2 Å². The highest BCUT2D eigenvalue weighted by atomic mass is 15.2. The van der Waals surface area contributed by atoms with Gasteiger partial charge in [0.05, 0.1) is 0 Å². The molecule has 1 aliphatic rings. The number of rotatable bonds is 6. The molecule has 0 spiro atoms. The zero-order valence-corrected chi connectivity index (χ0v) is 11.6. The van der Waals surface area contributed by atoms with Gasteiger partial charge in [0, 0.05) is 18.6 Å². The smallest absolute Gasteiger partial charge is 0.00964 e. The molecular weight excluding hydrogens is 196 g/mol. The van der Waals surface area contributed by atoms with Crippen molar-refractivity contribution in [3.8, 4) is 0 Å². The van der Waals surface area contributed by atoms with Gasteiger partial charge in [0.15, 0.2) is 0 Å². The zero-order valence-electron chi connectivity index (χ0n) is 11.6. The third kappa shape index (κ3) is 4.42. The molecule has 96 valence electrons. The Bertz CT molecular complexity index is 172. The van der Waals surface area contributed by atoms with Crippen molar-refractivity contribution in [3.63, 3.8) is 0 Å². The maximum atomic E-state index is 3.58. The van der Waals surface area contributed by atoms with E-state index in [0.717, 1.165) is 24.5 Å². The van der Waals surface area contributed by atoms with Crippen molar-refractivity contribution >= 4 is 0 Å². The molecule has 0 atom stereocenters. The molecule has 0 aromatic carbocycles. The summed E-state index contributed by atoms with van der Waals surface area (Å²) in [5.41, 5.74) is 0. The Hall–Kier alpha value is -0.0800. The average molecular weight is 226 g/mol. The van der Waals surface area contributed by atoms with Crippen LogP contribution in [-0.2, 0) is 0 Å². The van der Waals surface area contributed by atoms with Crippen molar-refractivity contribution in [3.05, 3.63) is 0 Å². The molecule has 1 rings (SSSR count). The van der Waals surface area contributed by atoms with Crippen LogP contribution in [0.1, 0.15) is 53.4 Å². The van der Waals surface area contributed by atoms with Crippen LogP contribution in [0, 0.1) is 5.92 Å². The highest BCUT2D eigenvalue weighted by Gasteiger charge is 2.24. The summed E-state index contributed by atoms with van der Waals surface area (Å²) in [4.78, 5) is 2.69. The third-order valence-corrected chi connectivity index (χ3v) is 3.71. The standard InChI is InChI=1S/C14H30N2/c1-5-15-13-7-9-14(10-8-13)16(6-2)11-12(3)4/h12-15H,5-11H2,1-4H3. The van der Waals surface area contributed by atoms with Crippen molar-refractivity contribution in [1.82, 2.24) is 10.2 Å². The number of hydrogen-bond acceptors (Lipinski definition) is 2. The van der Waals surface area contributed by atoms with E-state index in [1.165, 1.54) is 38.8 Å². The topological polar surface area (TPSA) is 15.3 Å². The van der Waals surface area contributed by atoms with Gasteiger partial charge in [-0.1, -0.05) is 27.7 Å². The first-order valence-electron chi connectivity index (χ1n) is 7.14. The van der Waals surface area contributed by atoms with Gasteiger partial charge in [0.1, 0.15) is 0 Å². The van der Waals surface area contributed by atoms with Crippen LogP contribution >= 0.6 is 0 Å². The molecule has 0 bridgehead atoms. The fourth-order valence-electron chi connectivity index (χ4n) is 2.94. The molecule has 0 radical (unpaired) electrons. The average Bonchev–Trinajstić information content (AvgIpc) is 2.27. The number of nitrogens with one attached hydrogen (secondary N) is 1. The first-order valence-corrected chi connectivity index (χ1v) is 7.14. The highest BCUT2D eigenvalue weighted by Crippen LogP contribution is 2.23. The van der Waals surface area contributed by atoms with Crippen molar-refractivity contribution in [2.24, 2.45) is 5.92 Å². The van der Waals surface area contributed by atoms with Gasteiger partial charge in [0.2, 0.25) is 0 Å². The molecule has 1 fully saturated rings. The second kappa shape index (κ2) is 7.29. The van der Waals surface area contributed by atoms with E-state index in [-0.39, 0.29) is 0 Å². The number of nitrogens with zero attached hydrogens (tertiary/aromatic N) is 1. The molecule has 0 unspecified atom stereocenters. The van der Waals surface area contributed by atoms with Gasteiger partial charge in [-0.15, -0.1) is 0 Å². The second-order valence-electron chi connectivity index (χ2n) is 5.54. The predicted molar refractivity (Wildman–Crippen MR) is 71.8 cm³/mol. The van der Waals surface area contributed by atoms with Crippen LogP contribution < -0.4 is 5.32 Å². The van der Waals surface area contributed by atoms with Gasteiger partial charge in [0.25, 0.3) is 0 Å². The maximum Gasteiger partial charge on any atom is 0.00964 e. The highest BCUT2D eigenvalue weighted by molar-refractivity contribution is 4.82. The maximum absolute atomic E-state index is 3.58. The number of hydrogen-bond donors (Lipinski definition) is 1. The van der Waals surface area contributed by atoms with Gasteiger partial charge in [-0.3, -0.25) is 0 Å². The lowest BCUT2D eigenvalue weighted by Crippen LogP contribution is -2.43.